The number of esters is 1. The molecule has 7 nitrogen and oxygen atoms in total. The maximum Gasteiger partial charge on any atom is 0.311 e. The van der Waals surface area contributed by atoms with Crippen LogP contribution < -0.4 is 10.6 Å². The van der Waals surface area contributed by atoms with Crippen LogP contribution in [-0.4, -0.2) is 34.6 Å². The number of carbonyl (C=O) groups excluding carboxylic acids is 3. The first-order valence-corrected chi connectivity index (χ1v) is 12.8. The van der Waals surface area contributed by atoms with Crippen LogP contribution >= 0.6 is 34.7 Å². The number of thioether (sulfide) groups is 1. The highest BCUT2D eigenvalue weighted by molar-refractivity contribution is 8.00. The fraction of sp³-hybridized carbons (Fsp3) is 0.250. The Kier molecular flexibility index (Phi) is 9.50. The van der Waals surface area contributed by atoms with Gasteiger partial charge in [-0.2, -0.15) is 0 Å². The second-order valence-electron chi connectivity index (χ2n) is 7.12. The predicted octanol–water partition coefficient (Wildman–Crippen LogP) is 5.66. The maximum atomic E-state index is 12.8. The standard InChI is InChI=1S/C24H24ClN3O4S2/c1-3-20(23(31)28-24-27-18(14-33-24)13-21(29)32-4-2)34-19-10-6-9-17(12-19)26-22(30)15-7-5-8-16(25)11-15/h5-12,14,20H,3-4,13H2,1-2H3,(H,26,30)(H,27,28,31). The van der Waals surface area contributed by atoms with Gasteiger partial charge in [-0.1, -0.05) is 30.7 Å². The van der Waals surface area contributed by atoms with E-state index in [4.69, 9.17) is 16.3 Å². The van der Waals surface area contributed by atoms with E-state index in [1.165, 1.54) is 23.1 Å². The molecule has 0 aliphatic rings. The largest absolute Gasteiger partial charge is 0.466 e. The molecule has 34 heavy (non-hydrogen) atoms. The molecule has 0 aliphatic heterocycles. The van der Waals surface area contributed by atoms with Gasteiger partial charge in [0, 0.05) is 26.5 Å². The molecule has 0 saturated carbocycles. The Bertz CT molecular complexity index is 1170. The molecule has 1 aromatic heterocycles. The van der Waals surface area contributed by atoms with E-state index in [1.54, 1.807) is 42.6 Å². The van der Waals surface area contributed by atoms with Crippen molar-refractivity contribution in [2.45, 2.75) is 36.8 Å². The number of carbonyl (C=O) groups is 3. The molecule has 2 N–H and O–H groups in total. The van der Waals surface area contributed by atoms with Crippen molar-refractivity contribution in [2.24, 2.45) is 0 Å². The molecule has 3 aromatic rings. The van der Waals surface area contributed by atoms with Crippen molar-refractivity contribution in [3.63, 3.8) is 0 Å². The SMILES string of the molecule is CCOC(=O)Cc1csc(NC(=O)C(CC)Sc2cccc(NC(=O)c3cccc(Cl)c3)c2)n1. The third kappa shape index (κ3) is 7.58. The van der Waals surface area contributed by atoms with Gasteiger partial charge in [-0.25, -0.2) is 4.98 Å². The molecule has 0 radical (unpaired) electrons. The molecule has 0 aliphatic carbocycles. The summed E-state index contributed by atoms with van der Waals surface area (Å²) in [5.41, 5.74) is 1.64. The Morgan fingerprint density at radius 1 is 1.12 bits per heavy atom. The lowest BCUT2D eigenvalue weighted by Crippen LogP contribution is -2.24. The van der Waals surface area contributed by atoms with Crippen molar-refractivity contribution >= 4 is 63.3 Å². The van der Waals surface area contributed by atoms with E-state index < -0.39 is 0 Å². The third-order valence-corrected chi connectivity index (χ3v) is 6.93. The van der Waals surface area contributed by atoms with Crippen molar-refractivity contribution in [3.8, 4) is 0 Å². The molecule has 0 saturated heterocycles. The summed E-state index contributed by atoms with van der Waals surface area (Å²) in [6.45, 7) is 3.99. The van der Waals surface area contributed by atoms with E-state index in [0.29, 0.717) is 40.1 Å². The molecule has 2 aromatic carbocycles. The molecule has 178 valence electrons. The molecule has 0 bridgehead atoms. The van der Waals surface area contributed by atoms with Crippen molar-refractivity contribution in [1.29, 1.82) is 0 Å². The molecule has 1 unspecified atom stereocenters. The first kappa shape index (κ1) is 25.7. The number of rotatable bonds is 10. The fourth-order valence-corrected chi connectivity index (χ4v) is 4.87. The minimum Gasteiger partial charge on any atom is -0.466 e. The van der Waals surface area contributed by atoms with Gasteiger partial charge in [0.1, 0.15) is 0 Å². The number of nitrogens with zero attached hydrogens (tertiary/aromatic N) is 1. The highest BCUT2D eigenvalue weighted by Gasteiger charge is 2.20. The third-order valence-electron chi connectivity index (χ3n) is 4.53. The molecule has 10 heteroatoms. The van der Waals surface area contributed by atoms with Crippen molar-refractivity contribution in [2.75, 3.05) is 17.2 Å². The minimum absolute atomic E-state index is 0.0693. The van der Waals surface area contributed by atoms with Crippen LogP contribution in [0.4, 0.5) is 10.8 Å². The van der Waals surface area contributed by atoms with Crippen LogP contribution in [0.5, 0.6) is 0 Å². The molecule has 1 heterocycles. The summed E-state index contributed by atoms with van der Waals surface area (Å²) in [4.78, 5) is 42.1. The lowest BCUT2D eigenvalue weighted by molar-refractivity contribution is -0.142. The highest BCUT2D eigenvalue weighted by Crippen LogP contribution is 2.29. The number of aromatic nitrogens is 1. The van der Waals surface area contributed by atoms with Gasteiger partial charge in [0.25, 0.3) is 5.91 Å². The number of anilines is 2. The maximum absolute atomic E-state index is 12.8. The minimum atomic E-state index is -0.365. The van der Waals surface area contributed by atoms with Crippen LogP contribution in [0.25, 0.3) is 0 Å². The quantitative estimate of drug-likeness (QED) is 0.266. The summed E-state index contributed by atoms with van der Waals surface area (Å²) in [5, 5.41) is 7.97. The summed E-state index contributed by atoms with van der Waals surface area (Å²) in [5.74, 6) is -0.801. The van der Waals surface area contributed by atoms with E-state index in [9.17, 15) is 14.4 Å². The summed E-state index contributed by atoms with van der Waals surface area (Å²) in [7, 11) is 0. The average molecular weight is 518 g/mol. The molecule has 0 spiro atoms. The van der Waals surface area contributed by atoms with Gasteiger partial charge < -0.3 is 15.4 Å². The molecular weight excluding hydrogens is 494 g/mol. The van der Waals surface area contributed by atoms with Gasteiger partial charge in [0.05, 0.1) is 24.0 Å². The Morgan fingerprint density at radius 3 is 2.65 bits per heavy atom. The zero-order chi connectivity index (χ0) is 24.5. The van der Waals surface area contributed by atoms with Gasteiger partial charge in [0.2, 0.25) is 5.91 Å². The van der Waals surface area contributed by atoms with Crippen LogP contribution in [0.1, 0.15) is 36.3 Å². The lowest BCUT2D eigenvalue weighted by Gasteiger charge is -2.14. The lowest BCUT2D eigenvalue weighted by atomic mass is 10.2. The Morgan fingerprint density at radius 2 is 1.91 bits per heavy atom. The van der Waals surface area contributed by atoms with E-state index in [2.05, 4.69) is 15.6 Å². The summed E-state index contributed by atoms with van der Waals surface area (Å²) < 4.78 is 4.93. The fourth-order valence-electron chi connectivity index (χ4n) is 2.96. The highest BCUT2D eigenvalue weighted by atomic mass is 35.5. The van der Waals surface area contributed by atoms with Crippen LogP contribution in [0, 0.1) is 0 Å². The van der Waals surface area contributed by atoms with Gasteiger partial charge >= 0.3 is 5.97 Å². The van der Waals surface area contributed by atoms with E-state index >= 15 is 0 Å². The van der Waals surface area contributed by atoms with Crippen LogP contribution in [-0.2, 0) is 20.7 Å². The molecule has 2 amide bonds. The van der Waals surface area contributed by atoms with Gasteiger partial charge in [-0.3, -0.25) is 14.4 Å². The van der Waals surface area contributed by atoms with E-state index in [0.717, 1.165) is 4.90 Å². The number of thiazole rings is 1. The summed E-state index contributed by atoms with van der Waals surface area (Å²) in [6.07, 6.45) is 0.663. The number of halogens is 1. The average Bonchev–Trinajstić information content (AvgIpc) is 3.24. The number of nitrogens with one attached hydrogen (secondary N) is 2. The van der Waals surface area contributed by atoms with Crippen LogP contribution in [0.15, 0.2) is 58.8 Å². The zero-order valence-corrected chi connectivity index (χ0v) is 21.1. The van der Waals surface area contributed by atoms with Crippen LogP contribution in [0.3, 0.4) is 0 Å². The first-order valence-electron chi connectivity index (χ1n) is 10.6. The number of ether oxygens (including phenoxy) is 1. The van der Waals surface area contributed by atoms with Crippen molar-refractivity contribution < 1.29 is 19.1 Å². The molecule has 0 fully saturated rings. The number of hydrogen-bond donors (Lipinski definition) is 2. The molecule has 3 rings (SSSR count). The monoisotopic (exact) mass is 517 g/mol. The number of amides is 2. The summed E-state index contributed by atoms with van der Waals surface area (Å²) >= 11 is 8.63. The van der Waals surface area contributed by atoms with Gasteiger partial charge in [-0.05, 0) is 49.7 Å². The Balaban J connectivity index is 1.60. The normalized spacial score (nSPS) is 11.5. The van der Waals surface area contributed by atoms with Gasteiger partial charge in [-0.15, -0.1) is 23.1 Å². The number of benzene rings is 2. The smallest absolute Gasteiger partial charge is 0.311 e. The zero-order valence-electron chi connectivity index (χ0n) is 18.7. The van der Waals surface area contributed by atoms with Crippen molar-refractivity contribution in [1.82, 2.24) is 4.98 Å². The van der Waals surface area contributed by atoms with Crippen LogP contribution in [0.2, 0.25) is 5.02 Å². The second kappa shape index (κ2) is 12.5. The van der Waals surface area contributed by atoms with E-state index in [1.807, 2.05) is 25.1 Å². The Hall–Kier alpha value is -2.88. The second-order valence-corrected chi connectivity index (χ2v) is 9.69. The number of hydrogen-bond acceptors (Lipinski definition) is 7. The van der Waals surface area contributed by atoms with Crippen molar-refractivity contribution in [3.05, 3.63) is 70.2 Å². The summed E-state index contributed by atoms with van der Waals surface area (Å²) in [6, 6.07) is 14.0. The topological polar surface area (TPSA) is 97.4 Å². The van der Waals surface area contributed by atoms with Gasteiger partial charge in [0.15, 0.2) is 5.13 Å². The molecule has 1 atom stereocenters. The Labute approximate surface area is 211 Å². The molecular formula is C24H24ClN3O4S2. The van der Waals surface area contributed by atoms with E-state index in [-0.39, 0.29) is 29.5 Å². The first-order chi connectivity index (χ1) is 16.4. The predicted molar refractivity (Wildman–Crippen MR) is 137 cm³/mol.